The Morgan fingerprint density at radius 1 is 1.04 bits per heavy atom. The van der Waals surface area contributed by atoms with E-state index in [-0.39, 0.29) is 54.5 Å². The van der Waals surface area contributed by atoms with Gasteiger partial charge in [-0.3, -0.25) is 4.79 Å². The highest BCUT2D eigenvalue weighted by atomic mass is 32.2. The average molecular weight is 666 g/mol. The molecular formula is C29H27F8N3O4S. The summed E-state index contributed by atoms with van der Waals surface area (Å²) in [5.41, 5.74) is -7.36. The number of hydrogen-bond acceptors (Lipinski definition) is 5. The lowest BCUT2D eigenvalue weighted by Gasteiger charge is -2.38. The van der Waals surface area contributed by atoms with Crippen molar-refractivity contribution in [3.8, 4) is 0 Å². The summed E-state index contributed by atoms with van der Waals surface area (Å²) >= 11 is 0. The monoisotopic (exact) mass is 665 g/mol. The largest absolute Gasteiger partial charge is 0.435 e. The fourth-order valence-electron chi connectivity index (χ4n) is 6.73. The number of carbonyl (C=O) groups is 1. The number of halogens is 8. The van der Waals surface area contributed by atoms with Crippen molar-refractivity contribution in [2.24, 2.45) is 5.92 Å². The lowest BCUT2D eigenvalue weighted by Crippen LogP contribution is -2.50. The topological polar surface area (TPSA) is 112 Å². The van der Waals surface area contributed by atoms with E-state index in [9.17, 15) is 49.1 Å². The predicted molar refractivity (Wildman–Crippen MR) is 142 cm³/mol. The van der Waals surface area contributed by atoms with Gasteiger partial charge in [0.05, 0.1) is 11.2 Å². The Labute approximate surface area is 252 Å². The number of aliphatic hydroxyl groups is 1. The minimum Gasteiger partial charge on any atom is -0.383 e. The van der Waals surface area contributed by atoms with Crippen LogP contribution in [0.3, 0.4) is 0 Å². The number of sulfone groups is 1. The van der Waals surface area contributed by atoms with Crippen molar-refractivity contribution in [2.45, 2.75) is 78.3 Å². The molecule has 0 bridgehead atoms. The zero-order valence-electron chi connectivity index (χ0n) is 23.2. The number of aliphatic hydroxyl groups excluding tert-OH is 1. The standard InChI is InChI=1S/C29H27F8N3O4S/c30-18-5-7-20(8-6-18)45(43,44)26-11-10-23(40-25(42)24(41)13-19-14-38-15-39-19)22(26)3-1-2-16-12-17(4-9-21(16)26)27(31,28(32,33)34)29(35,36)37/h4-9,12,14-15,22-24,41H,1-3,10-11,13H2,(H,38,39)(H,40,42)/t22-,23+,24-,26+/m0/s1. The van der Waals surface area contributed by atoms with Crippen molar-refractivity contribution in [3.63, 3.8) is 0 Å². The maximum absolute atomic E-state index is 15.0. The second-order valence-corrected chi connectivity index (χ2v) is 13.5. The molecule has 1 fully saturated rings. The molecule has 0 saturated heterocycles. The third-order valence-corrected chi connectivity index (χ3v) is 11.4. The number of hydrogen-bond donors (Lipinski definition) is 3. The van der Waals surface area contributed by atoms with Gasteiger partial charge in [-0.05, 0) is 67.5 Å². The number of H-pyrrole nitrogens is 1. The second kappa shape index (κ2) is 11.4. The summed E-state index contributed by atoms with van der Waals surface area (Å²) in [5, 5.41) is 13.2. The van der Waals surface area contributed by atoms with Crippen molar-refractivity contribution in [1.82, 2.24) is 15.3 Å². The number of aromatic nitrogens is 2. The number of aromatic amines is 1. The van der Waals surface area contributed by atoms with Crippen LogP contribution in [-0.4, -0.2) is 53.9 Å². The molecule has 0 radical (unpaired) electrons. The van der Waals surface area contributed by atoms with Crippen LogP contribution in [0.25, 0.3) is 0 Å². The van der Waals surface area contributed by atoms with Gasteiger partial charge in [-0.15, -0.1) is 0 Å². The van der Waals surface area contributed by atoms with Gasteiger partial charge in [0.15, 0.2) is 9.84 Å². The first kappa shape index (κ1) is 32.9. The molecule has 0 spiro atoms. The van der Waals surface area contributed by atoms with E-state index in [4.69, 9.17) is 0 Å². The summed E-state index contributed by atoms with van der Waals surface area (Å²) in [6.45, 7) is 0. The number of rotatable bonds is 7. The highest BCUT2D eigenvalue weighted by Crippen LogP contribution is 2.58. The van der Waals surface area contributed by atoms with Crippen LogP contribution in [0.2, 0.25) is 0 Å². The van der Waals surface area contributed by atoms with Gasteiger partial charge in [0.1, 0.15) is 16.7 Å². The molecule has 1 aromatic heterocycles. The van der Waals surface area contributed by atoms with Crippen molar-refractivity contribution in [2.75, 3.05) is 0 Å². The summed E-state index contributed by atoms with van der Waals surface area (Å²) in [6.07, 6.45) is -12.0. The van der Waals surface area contributed by atoms with Crippen molar-refractivity contribution >= 4 is 15.7 Å². The molecule has 16 heteroatoms. The molecule has 3 N–H and O–H groups in total. The Morgan fingerprint density at radius 2 is 1.71 bits per heavy atom. The Balaban J connectivity index is 1.62. The molecule has 4 atom stereocenters. The van der Waals surface area contributed by atoms with Gasteiger partial charge in [-0.2, -0.15) is 26.3 Å². The molecule has 2 aliphatic rings. The third-order valence-electron chi connectivity index (χ3n) is 8.81. The number of alkyl halides is 7. The van der Waals surface area contributed by atoms with Crippen molar-refractivity contribution in [1.29, 1.82) is 0 Å². The highest BCUT2D eigenvalue weighted by molar-refractivity contribution is 7.92. The van der Waals surface area contributed by atoms with Gasteiger partial charge < -0.3 is 15.4 Å². The molecular weight excluding hydrogens is 638 g/mol. The number of amides is 1. The maximum atomic E-state index is 15.0. The molecule has 0 unspecified atom stereocenters. The molecule has 7 nitrogen and oxygen atoms in total. The number of nitrogens with zero attached hydrogens (tertiary/aromatic N) is 1. The van der Waals surface area contributed by atoms with E-state index < -0.39 is 68.0 Å². The number of benzene rings is 2. The summed E-state index contributed by atoms with van der Waals surface area (Å²) in [4.78, 5) is 19.2. The van der Waals surface area contributed by atoms with Gasteiger partial charge in [0.25, 0.3) is 0 Å². The minimum atomic E-state index is -6.37. The predicted octanol–water partition coefficient (Wildman–Crippen LogP) is 5.34. The van der Waals surface area contributed by atoms with Crippen LogP contribution in [0.5, 0.6) is 0 Å². The first-order valence-electron chi connectivity index (χ1n) is 13.9. The quantitative estimate of drug-likeness (QED) is 0.233. The number of imidazole rings is 1. The summed E-state index contributed by atoms with van der Waals surface area (Å²) in [7, 11) is -4.58. The maximum Gasteiger partial charge on any atom is 0.435 e. The molecule has 2 aliphatic carbocycles. The molecule has 1 saturated carbocycles. The van der Waals surface area contributed by atoms with Crippen LogP contribution in [0, 0.1) is 11.7 Å². The van der Waals surface area contributed by atoms with E-state index in [2.05, 4.69) is 15.3 Å². The number of carbonyl (C=O) groups excluding carboxylic acids is 1. The highest BCUT2D eigenvalue weighted by Gasteiger charge is 2.73. The summed E-state index contributed by atoms with van der Waals surface area (Å²) in [5.74, 6) is -2.55. The first-order valence-corrected chi connectivity index (χ1v) is 15.3. The molecule has 5 rings (SSSR count). The van der Waals surface area contributed by atoms with Gasteiger partial charge in [0, 0.05) is 35.8 Å². The molecule has 3 aromatic rings. The van der Waals surface area contributed by atoms with Gasteiger partial charge in [-0.1, -0.05) is 18.2 Å². The normalized spacial score (nSPS) is 23.1. The van der Waals surface area contributed by atoms with Crippen LogP contribution in [0.1, 0.15) is 48.1 Å². The van der Waals surface area contributed by atoms with Crippen LogP contribution in [0.15, 0.2) is 59.9 Å². The number of aryl methyl sites for hydroxylation is 1. The smallest absolute Gasteiger partial charge is 0.383 e. The molecule has 2 aromatic carbocycles. The number of fused-ring (bicyclic) bond motifs is 3. The Morgan fingerprint density at radius 3 is 2.31 bits per heavy atom. The third kappa shape index (κ3) is 5.38. The minimum absolute atomic E-state index is 0.00690. The molecule has 1 heterocycles. The van der Waals surface area contributed by atoms with Crippen molar-refractivity contribution < 1.29 is 53.4 Å². The van der Waals surface area contributed by atoms with Gasteiger partial charge in [-0.25, -0.2) is 22.2 Å². The van der Waals surface area contributed by atoms with Gasteiger partial charge in [0.2, 0.25) is 5.91 Å². The van der Waals surface area contributed by atoms with Gasteiger partial charge >= 0.3 is 18.0 Å². The lowest BCUT2D eigenvalue weighted by atomic mass is 9.82. The fourth-order valence-corrected chi connectivity index (χ4v) is 9.20. The van der Waals surface area contributed by atoms with Crippen LogP contribution in [0.4, 0.5) is 35.1 Å². The van der Waals surface area contributed by atoms with E-state index >= 15 is 4.39 Å². The van der Waals surface area contributed by atoms with Crippen LogP contribution in [-0.2, 0) is 37.9 Å². The van der Waals surface area contributed by atoms with E-state index in [1.165, 1.54) is 12.5 Å². The molecule has 1 amide bonds. The van der Waals surface area contributed by atoms with E-state index in [1.54, 1.807) is 0 Å². The van der Waals surface area contributed by atoms with E-state index in [1.807, 2.05) is 0 Å². The summed E-state index contributed by atoms with van der Waals surface area (Å²) in [6, 6.07) is 4.38. The lowest BCUT2D eigenvalue weighted by molar-refractivity contribution is -0.348. The van der Waals surface area contributed by atoms with Crippen LogP contribution >= 0.6 is 0 Å². The molecule has 45 heavy (non-hydrogen) atoms. The Bertz CT molecular complexity index is 1650. The molecule has 0 aliphatic heterocycles. The second-order valence-electron chi connectivity index (χ2n) is 11.3. The SMILES string of the molecule is O=C(N[C@@H]1CC[C@@]2(S(=O)(=O)c3ccc(F)cc3)c3ccc(C(F)(C(F)(F)F)C(F)(F)F)cc3CCC[C@@H]12)[C@@H](O)Cc1cnc[nH]1. The Hall–Kier alpha value is -3.53. The summed E-state index contributed by atoms with van der Waals surface area (Å²) < 4.78 is 137. The average Bonchev–Trinajstić information content (AvgIpc) is 3.56. The van der Waals surface area contributed by atoms with E-state index in [0.717, 1.165) is 30.3 Å². The first-order chi connectivity index (χ1) is 20.9. The fraction of sp³-hybridized carbons (Fsp3) is 0.448. The van der Waals surface area contributed by atoms with Crippen LogP contribution < -0.4 is 5.32 Å². The zero-order valence-corrected chi connectivity index (χ0v) is 24.0. The molecule has 244 valence electrons. The number of nitrogens with one attached hydrogen (secondary N) is 2. The van der Waals surface area contributed by atoms with Crippen molar-refractivity contribution in [3.05, 3.63) is 83.2 Å². The zero-order chi connectivity index (χ0) is 33.0. The Kier molecular flexibility index (Phi) is 8.30. The van der Waals surface area contributed by atoms with E-state index in [0.29, 0.717) is 17.8 Å².